The predicted molar refractivity (Wildman–Crippen MR) is 60.1 cm³/mol. The van der Waals surface area contributed by atoms with E-state index in [-0.39, 0.29) is 5.97 Å². The molecular weight excluding hydrogens is 206 g/mol. The molecule has 0 atom stereocenters. The van der Waals surface area contributed by atoms with E-state index >= 15 is 0 Å². The molecule has 1 aliphatic carbocycles. The Morgan fingerprint density at radius 3 is 2.62 bits per heavy atom. The number of nitrogens with one attached hydrogen (secondary N) is 1. The average Bonchev–Trinajstić information content (AvgIpc) is 3.12. The van der Waals surface area contributed by atoms with Crippen LogP contribution in [-0.2, 0) is 14.3 Å². The third kappa shape index (κ3) is 4.49. The van der Waals surface area contributed by atoms with Crippen LogP contribution in [-0.4, -0.2) is 38.4 Å². The molecule has 1 aliphatic heterocycles. The number of hydrogen-bond donors (Lipinski definition) is 1. The first-order chi connectivity index (χ1) is 7.84. The minimum Gasteiger partial charge on any atom is -0.465 e. The van der Waals surface area contributed by atoms with E-state index in [9.17, 15) is 4.79 Å². The predicted octanol–water partition coefficient (Wildman–Crippen LogP) is 1.10. The number of rotatable bonds is 6. The molecule has 0 aromatic heterocycles. The van der Waals surface area contributed by atoms with Crippen molar-refractivity contribution in [2.75, 3.05) is 26.3 Å². The molecular formula is C12H21NO3. The van der Waals surface area contributed by atoms with Crippen LogP contribution in [0.25, 0.3) is 0 Å². The molecule has 92 valence electrons. The van der Waals surface area contributed by atoms with Gasteiger partial charge in [0.2, 0.25) is 0 Å². The summed E-state index contributed by atoms with van der Waals surface area (Å²) in [6.07, 6.45) is 5.28. The second-order valence-electron chi connectivity index (χ2n) is 4.70. The number of carbonyl (C=O) groups excluding carboxylic acids is 1. The smallest absolute Gasteiger partial charge is 0.308 e. The van der Waals surface area contributed by atoms with Gasteiger partial charge < -0.3 is 14.8 Å². The van der Waals surface area contributed by atoms with Gasteiger partial charge in [-0.25, -0.2) is 0 Å². The van der Waals surface area contributed by atoms with Crippen molar-refractivity contribution in [1.29, 1.82) is 0 Å². The van der Waals surface area contributed by atoms with Crippen LogP contribution in [0.1, 0.15) is 32.1 Å². The molecule has 2 fully saturated rings. The van der Waals surface area contributed by atoms with E-state index in [0.717, 1.165) is 25.9 Å². The molecule has 0 aromatic rings. The van der Waals surface area contributed by atoms with Crippen molar-refractivity contribution in [1.82, 2.24) is 5.32 Å². The van der Waals surface area contributed by atoms with Crippen LogP contribution in [0.15, 0.2) is 0 Å². The zero-order valence-electron chi connectivity index (χ0n) is 9.74. The number of piperidine rings is 1. The maximum Gasteiger partial charge on any atom is 0.308 e. The summed E-state index contributed by atoms with van der Waals surface area (Å²) >= 11 is 0. The zero-order valence-corrected chi connectivity index (χ0v) is 9.74. The van der Waals surface area contributed by atoms with Crippen molar-refractivity contribution in [2.45, 2.75) is 38.2 Å². The van der Waals surface area contributed by atoms with Gasteiger partial charge in [0.1, 0.15) is 0 Å². The van der Waals surface area contributed by atoms with Crippen LogP contribution in [0.3, 0.4) is 0 Å². The highest BCUT2D eigenvalue weighted by molar-refractivity contribution is 5.69. The van der Waals surface area contributed by atoms with Gasteiger partial charge in [-0.2, -0.15) is 0 Å². The summed E-state index contributed by atoms with van der Waals surface area (Å²) in [4.78, 5) is 11.3. The summed E-state index contributed by atoms with van der Waals surface area (Å²) in [5.74, 6) is 0.537. The second-order valence-corrected chi connectivity index (χ2v) is 4.70. The summed E-state index contributed by atoms with van der Waals surface area (Å²) < 4.78 is 10.8. The normalized spacial score (nSPS) is 22.0. The minimum atomic E-state index is -0.110. The first kappa shape index (κ1) is 11.9. The zero-order chi connectivity index (χ0) is 11.2. The highest BCUT2D eigenvalue weighted by Gasteiger charge is 2.23. The maximum absolute atomic E-state index is 11.3. The lowest BCUT2D eigenvalue weighted by atomic mass is 10.1. The fourth-order valence-corrected chi connectivity index (χ4v) is 1.84. The summed E-state index contributed by atoms with van der Waals surface area (Å²) in [6.45, 7) is 3.17. The standard InChI is InChI=1S/C12H21NO3/c14-12(16-9-10-1-2-10)5-8-15-11-3-6-13-7-4-11/h10-11,13H,1-9H2. The van der Waals surface area contributed by atoms with E-state index < -0.39 is 0 Å². The van der Waals surface area contributed by atoms with Gasteiger partial charge in [0.05, 0.1) is 25.7 Å². The van der Waals surface area contributed by atoms with Gasteiger partial charge in [0, 0.05) is 0 Å². The lowest BCUT2D eigenvalue weighted by molar-refractivity contribution is -0.145. The fraction of sp³-hybridized carbons (Fsp3) is 0.917. The highest BCUT2D eigenvalue weighted by Crippen LogP contribution is 2.28. The summed E-state index contributed by atoms with van der Waals surface area (Å²) in [7, 11) is 0. The van der Waals surface area contributed by atoms with E-state index in [2.05, 4.69) is 5.32 Å². The minimum absolute atomic E-state index is 0.110. The van der Waals surface area contributed by atoms with Gasteiger partial charge in [-0.1, -0.05) is 0 Å². The Kier molecular flexibility index (Phi) is 4.60. The maximum atomic E-state index is 11.3. The van der Waals surface area contributed by atoms with E-state index in [1.807, 2.05) is 0 Å². The molecule has 1 heterocycles. The quantitative estimate of drug-likeness (QED) is 0.690. The topological polar surface area (TPSA) is 47.6 Å². The Morgan fingerprint density at radius 2 is 1.94 bits per heavy atom. The van der Waals surface area contributed by atoms with Crippen molar-refractivity contribution in [2.24, 2.45) is 5.92 Å². The van der Waals surface area contributed by atoms with Gasteiger partial charge in [-0.3, -0.25) is 4.79 Å². The Hall–Kier alpha value is -0.610. The number of carbonyl (C=O) groups is 1. The molecule has 4 nitrogen and oxygen atoms in total. The molecule has 1 N–H and O–H groups in total. The fourth-order valence-electron chi connectivity index (χ4n) is 1.84. The summed E-state index contributed by atoms with van der Waals surface area (Å²) in [6, 6.07) is 0. The molecule has 1 saturated carbocycles. The SMILES string of the molecule is O=C(CCOC1CCNCC1)OCC1CC1. The molecule has 0 unspecified atom stereocenters. The van der Waals surface area contributed by atoms with Crippen molar-refractivity contribution < 1.29 is 14.3 Å². The van der Waals surface area contributed by atoms with E-state index in [1.54, 1.807) is 0 Å². The third-order valence-electron chi connectivity index (χ3n) is 3.12. The van der Waals surface area contributed by atoms with Crippen LogP contribution in [0, 0.1) is 5.92 Å². The van der Waals surface area contributed by atoms with Gasteiger partial charge in [-0.15, -0.1) is 0 Å². The number of esters is 1. The Balaban J connectivity index is 1.47. The number of ether oxygens (including phenoxy) is 2. The van der Waals surface area contributed by atoms with Crippen molar-refractivity contribution >= 4 is 5.97 Å². The first-order valence-electron chi connectivity index (χ1n) is 6.32. The molecule has 0 bridgehead atoms. The van der Waals surface area contributed by atoms with Crippen molar-refractivity contribution in [3.05, 3.63) is 0 Å². The molecule has 2 aliphatic rings. The van der Waals surface area contributed by atoms with E-state index in [4.69, 9.17) is 9.47 Å². The van der Waals surface area contributed by atoms with Crippen molar-refractivity contribution in [3.8, 4) is 0 Å². The molecule has 1 saturated heterocycles. The molecule has 0 radical (unpaired) electrons. The van der Waals surface area contributed by atoms with Crippen LogP contribution < -0.4 is 5.32 Å². The lowest BCUT2D eigenvalue weighted by Gasteiger charge is -2.22. The molecule has 2 rings (SSSR count). The summed E-state index contributed by atoms with van der Waals surface area (Å²) in [5.41, 5.74) is 0. The van der Waals surface area contributed by atoms with Crippen LogP contribution in [0.5, 0.6) is 0 Å². The molecule has 0 amide bonds. The average molecular weight is 227 g/mol. The number of hydrogen-bond acceptors (Lipinski definition) is 4. The molecule has 16 heavy (non-hydrogen) atoms. The van der Waals surface area contributed by atoms with Crippen LogP contribution in [0.2, 0.25) is 0 Å². The molecule has 4 heteroatoms. The first-order valence-corrected chi connectivity index (χ1v) is 6.32. The molecule has 0 spiro atoms. The Bertz CT molecular complexity index is 222. The van der Waals surface area contributed by atoms with Gasteiger partial charge in [0.15, 0.2) is 0 Å². The lowest BCUT2D eigenvalue weighted by Crippen LogP contribution is -2.32. The van der Waals surface area contributed by atoms with Gasteiger partial charge in [0.25, 0.3) is 0 Å². The van der Waals surface area contributed by atoms with Gasteiger partial charge >= 0.3 is 5.97 Å². The monoisotopic (exact) mass is 227 g/mol. The Morgan fingerprint density at radius 1 is 1.19 bits per heavy atom. The van der Waals surface area contributed by atoms with Crippen LogP contribution in [0.4, 0.5) is 0 Å². The third-order valence-corrected chi connectivity index (χ3v) is 3.12. The van der Waals surface area contributed by atoms with Gasteiger partial charge in [-0.05, 0) is 44.7 Å². The van der Waals surface area contributed by atoms with E-state index in [0.29, 0.717) is 31.7 Å². The highest BCUT2D eigenvalue weighted by atomic mass is 16.5. The Labute approximate surface area is 96.7 Å². The van der Waals surface area contributed by atoms with Crippen LogP contribution >= 0.6 is 0 Å². The largest absolute Gasteiger partial charge is 0.465 e. The second kappa shape index (κ2) is 6.21. The van der Waals surface area contributed by atoms with E-state index in [1.165, 1.54) is 12.8 Å². The van der Waals surface area contributed by atoms with Crippen molar-refractivity contribution in [3.63, 3.8) is 0 Å². The summed E-state index contributed by atoms with van der Waals surface area (Å²) in [5, 5.41) is 3.28. The molecule has 0 aromatic carbocycles.